The number of nitrogens with one attached hydrogen (secondary N) is 1. The molecule has 3 rings (SSSR count). The molecule has 0 bridgehead atoms. The molecule has 1 amide bonds. The van der Waals surface area contributed by atoms with E-state index in [0.29, 0.717) is 5.76 Å². The van der Waals surface area contributed by atoms with Gasteiger partial charge in [-0.1, -0.05) is 45.9 Å². The van der Waals surface area contributed by atoms with E-state index in [-0.39, 0.29) is 30.2 Å². The van der Waals surface area contributed by atoms with Gasteiger partial charge in [-0.05, 0) is 35.1 Å². The van der Waals surface area contributed by atoms with Gasteiger partial charge in [0, 0.05) is 5.69 Å². The molecule has 142 valence electrons. The van der Waals surface area contributed by atoms with E-state index in [9.17, 15) is 9.59 Å². The van der Waals surface area contributed by atoms with Gasteiger partial charge in [0.15, 0.2) is 5.76 Å². The van der Waals surface area contributed by atoms with Gasteiger partial charge in [-0.25, -0.2) is 4.79 Å². The van der Waals surface area contributed by atoms with E-state index in [4.69, 9.17) is 8.83 Å². The van der Waals surface area contributed by atoms with Crippen molar-refractivity contribution in [2.24, 2.45) is 0 Å². The molecule has 0 unspecified atom stereocenters. The summed E-state index contributed by atoms with van der Waals surface area (Å²) in [6, 6.07) is 9.30. The summed E-state index contributed by atoms with van der Waals surface area (Å²) in [5, 5.41) is 6.99. The Morgan fingerprint density at radius 3 is 2.33 bits per heavy atom. The number of furan rings is 1. The van der Waals surface area contributed by atoms with Gasteiger partial charge in [0.1, 0.15) is 6.54 Å². The van der Waals surface area contributed by atoms with Crippen molar-refractivity contribution in [3.8, 4) is 11.7 Å². The molecule has 0 aliphatic heterocycles. The quantitative estimate of drug-likeness (QED) is 0.710. The monoisotopic (exact) mass is 369 g/mol. The van der Waals surface area contributed by atoms with Crippen LogP contribution in [0.4, 0.5) is 5.69 Å². The van der Waals surface area contributed by atoms with E-state index >= 15 is 0 Å². The third-order valence-electron chi connectivity index (χ3n) is 4.27. The molecule has 27 heavy (non-hydrogen) atoms. The van der Waals surface area contributed by atoms with Crippen LogP contribution in [0.15, 0.2) is 50.2 Å². The second-order valence-electron chi connectivity index (χ2n) is 6.98. The first-order chi connectivity index (χ1) is 12.9. The summed E-state index contributed by atoms with van der Waals surface area (Å²) in [4.78, 5) is 24.6. The van der Waals surface area contributed by atoms with Gasteiger partial charge in [-0.3, -0.25) is 4.79 Å². The number of carbonyl (C=O) groups excluding carboxylic acids is 1. The van der Waals surface area contributed by atoms with Crippen LogP contribution in [0.1, 0.15) is 50.7 Å². The molecule has 1 N–H and O–H groups in total. The van der Waals surface area contributed by atoms with Crippen molar-refractivity contribution in [3.05, 3.63) is 58.3 Å². The summed E-state index contributed by atoms with van der Waals surface area (Å²) >= 11 is 0. The Morgan fingerprint density at radius 2 is 1.78 bits per heavy atom. The number of carbonyl (C=O) groups is 1. The summed E-state index contributed by atoms with van der Waals surface area (Å²) in [6.07, 6.45) is 1.46. The largest absolute Gasteiger partial charge is 0.459 e. The molecular formula is C20H23N3O4. The highest BCUT2D eigenvalue weighted by atomic mass is 16.4. The minimum atomic E-state index is -0.710. The van der Waals surface area contributed by atoms with E-state index in [2.05, 4.69) is 38.1 Å². The molecular weight excluding hydrogens is 346 g/mol. The van der Waals surface area contributed by atoms with Crippen LogP contribution in [-0.4, -0.2) is 15.7 Å². The Bertz CT molecular complexity index is 955. The summed E-state index contributed by atoms with van der Waals surface area (Å²) in [6.45, 7) is 8.06. The summed E-state index contributed by atoms with van der Waals surface area (Å²) in [5.41, 5.74) is 2.91. The fraction of sp³-hybridized carbons (Fsp3) is 0.350. The van der Waals surface area contributed by atoms with E-state index in [1.165, 1.54) is 6.26 Å². The molecule has 0 fully saturated rings. The molecule has 0 atom stereocenters. The molecule has 3 aromatic rings. The summed E-state index contributed by atoms with van der Waals surface area (Å²) in [5.74, 6) is -0.176. The van der Waals surface area contributed by atoms with Crippen molar-refractivity contribution in [1.29, 1.82) is 0 Å². The maximum Gasteiger partial charge on any atom is 0.437 e. The van der Waals surface area contributed by atoms with E-state index in [0.717, 1.165) is 21.5 Å². The first kappa shape index (κ1) is 18.7. The van der Waals surface area contributed by atoms with Crippen molar-refractivity contribution in [2.45, 2.75) is 46.1 Å². The zero-order chi connectivity index (χ0) is 19.6. The highest BCUT2D eigenvalue weighted by molar-refractivity contribution is 5.92. The Hall–Kier alpha value is -3.09. The Balaban J connectivity index is 1.84. The summed E-state index contributed by atoms with van der Waals surface area (Å²) < 4.78 is 11.2. The van der Waals surface area contributed by atoms with Crippen molar-refractivity contribution in [3.63, 3.8) is 0 Å². The average molecular weight is 369 g/mol. The van der Waals surface area contributed by atoms with Crippen molar-refractivity contribution >= 4 is 11.6 Å². The molecule has 0 saturated heterocycles. The lowest BCUT2D eigenvalue weighted by atomic mass is 9.92. The van der Waals surface area contributed by atoms with Crippen LogP contribution in [0.25, 0.3) is 11.7 Å². The number of hydrogen-bond acceptors (Lipinski definition) is 5. The normalized spacial score (nSPS) is 11.3. The Kier molecular flexibility index (Phi) is 5.30. The lowest BCUT2D eigenvalue weighted by molar-refractivity contribution is -0.117. The molecule has 7 nitrogen and oxygen atoms in total. The Labute approximate surface area is 157 Å². The molecule has 0 aliphatic carbocycles. The second kappa shape index (κ2) is 7.65. The van der Waals surface area contributed by atoms with Crippen LogP contribution in [0.5, 0.6) is 0 Å². The van der Waals surface area contributed by atoms with E-state index in [1.807, 2.05) is 18.2 Å². The predicted molar refractivity (Wildman–Crippen MR) is 102 cm³/mol. The lowest BCUT2D eigenvalue weighted by Crippen LogP contribution is -2.26. The number of anilines is 1. The van der Waals surface area contributed by atoms with Crippen molar-refractivity contribution < 1.29 is 13.6 Å². The SMILES string of the molecule is CC(C)c1cccc(C(C)C)c1NC(=O)Cn1nc(-c2ccco2)oc1=O. The second-order valence-corrected chi connectivity index (χ2v) is 6.98. The molecule has 0 spiro atoms. The molecule has 0 saturated carbocycles. The number of benzene rings is 1. The van der Waals surface area contributed by atoms with Gasteiger partial charge in [0.2, 0.25) is 5.91 Å². The first-order valence-electron chi connectivity index (χ1n) is 8.91. The zero-order valence-corrected chi connectivity index (χ0v) is 15.9. The predicted octanol–water partition coefficient (Wildman–Crippen LogP) is 3.98. The third-order valence-corrected chi connectivity index (χ3v) is 4.27. The van der Waals surface area contributed by atoms with E-state index < -0.39 is 5.76 Å². The maximum atomic E-state index is 12.6. The molecule has 7 heteroatoms. The van der Waals surface area contributed by atoms with Crippen LogP contribution in [0, 0.1) is 0 Å². The van der Waals surface area contributed by atoms with Gasteiger partial charge in [0.25, 0.3) is 5.89 Å². The molecule has 2 aromatic heterocycles. The number of rotatable bonds is 6. The fourth-order valence-electron chi connectivity index (χ4n) is 2.92. The minimum absolute atomic E-state index is 0.0447. The number of aromatic nitrogens is 2. The molecule has 2 heterocycles. The Morgan fingerprint density at radius 1 is 1.11 bits per heavy atom. The van der Waals surface area contributed by atoms with Gasteiger partial charge < -0.3 is 14.2 Å². The van der Waals surface area contributed by atoms with Crippen LogP contribution < -0.4 is 11.1 Å². The standard InChI is InChI=1S/C20H23N3O4/c1-12(2)14-7-5-8-15(13(3)4)18(14)21-17(24)11-23-20(25)27-19(22-23)16-9-6-10-26-16/h5-10,12-13H,11H2,1-4H3,(H,21,24). The van der Waals surface area contributed by atoms with Crippen LogP contribution in [0.2, 0.25) is 0 Å². The van der Waals surface area contributed by atoms with Crippen molar-refractivity contribution in [2.75, 3.05) is 5.32 Å². The fourth-order valence-corrected chi connectivity index (χ4v) is 2.92. The number of nitrogens with zero attached hydrogens (tertiary/aromatic N) is 2. The first-order valence-corrected chi connectivity index (χ1v) is 8.91. The highest BCUT2D eigenvalue weighted by Crippen LogP contribution is 2.32. The van der Waals surface area contributed by atoms with Crippen LogP contribution in [-0.2, 0) is 11.3 Å². The van der Waals surface area contributed by atoms with Gasteiger partial charge in [-0.2, -0.15) is 4.68 Å². The zero-order valence-electron chi connectivity index (χ0n) is 15.9. The lowest BCUT2D eigenvalue weighted by Gasteiger charge is -2.20. The third kappa shape index (κ3) is 4.02. The minimum Gasteiger partial charge on any atom is -0.459 e. The number of para-hydroxylation sites is 1. The molecule has 1 aromatic carbocycles. The molecule has 0 aliphatic rings. The van der Waals surface area contributed by atoms with Gasteiger partial charge in [0.05, 0.1) is 6.26 Å². The van der Waals surface area contributed by atoms with Gasteiger partial charge >= 0.3 is 5.76 Å². The topological polar surface area (TPSA) is 90.3 Å². The van der Waals surface area contributed by atoms with Crippen LogP contribution in [0.3, 0.4) is 0 Å². The smallest absolute Gasteiger partial charge is 0.437 e. The molecule has 0 radical (unpaired) electrons. The van der Waals surface area contributed by atoms with Gasteiger partial charge in [-0.15, -0.1) is 5.10 Å². The highest BCUT2D eigenvalue weighted by Gasteiger charge is 2.18. The number of amides is 1. The number of hydrogen-bond donors (Lipinski definition) is 1. The maximum absolute atomic E-state index is 12.6. The van der Waals surface area contributed by atoms with Crippen molar-refractivity contribution in [1.82, 2.24) is 9.78 Å². The average Bonchev–Trinajstić information content (AvgIpc) is 3.25. The summed E-state index contributed by atoms with van der Waals surface area (Å²) in [7, 11) is 0. The van der Waals surface area contributed by atoms with Crippen LogP contribution >= 0.6 is 0 Å². The van der Waals surface area contributed by atoms with E-state index in [1.54, 1.807) is 12.1 Å².